The Bertz CT molecular complexity index is 571. The van der Waals surface area contributed by atoms with Crippen LogP contribution in [0.1, 0.15) is 34.1 Å². The van der Waals surface area contributed by atoms with Gasteiger partial charge in [-0.05, 0) is 51.3 Å². The van der Waals surface area contributed by atoms with Crippen LogP contribution in [0.15, 0.2) is 18.2 Å². The van der Waals surface area contributed by atoms with Gasteiger partial charge in [0.25, 0.3) is 0 Å². The molecule has 1 aliphatic rings. The van der Waals surface area contributed by atoms with Gasteiger partial charge < -0.3 is 20.7 Å². The largest absolute Gasteiger partial charge is 0.444 e. The lowest BCUT2D eigenvalue weighted by molar-refractivity contribution is 0.0165. The SMILES string of the molecule is C[C@@H]1CN(C(=O)OC(C)(C)C)CC[C@H]1Nc1ccc(Cl)cc1N. The van der Waals surface area contributed by atoms with Crippen molar-refractivity contribution in [1.29, 1.82) is 0 Å². The van der Waals surface area contributed by atoms with Crippen LogP contribution >= 0.6 is 11.6 Å². The van der Waals surface area contributed by atoms with Crippen molar-refractivity contribution in [1.82, 2.24) is 4.90 Å². The lowest BCUT2D eigenvalue weighted by Gasteiger charge is -2.38. The number of carbonyl (C=O) groups is 1. The van der Waals surface area contributed by atoms with Gasteiger partial charge in [-0.2, -0.15) is 0 Å². The van der Waals surface area contributed by atoms with Gasteiger partial charge in [0.2, 0.25) is 0 Å². The van der Waals surface area contributed by atoms with Crippen LogP contribution in [-0.2, 0) is 4.74 Å². The number of rotatable bonds is 2. The number of hydrogen-bond donors (Lipinski definition) is 2. The lowest BCUT2D eigenvalue weighted by Crippen LogP contribution is -2.49. The molecule has 0 radical (unpaired) electrons. The van der Waals surface area contributed by atoms with E-state index >= 15 is 0 Å². The minimum Gasteiger partial charge on any atom is -0.444 e. The molecule has 1 amide bonds. The molecule has 23 heavy (non-hydrogen) atoms. The van der Waals surface area contributed by atoms with E-state index < -0.39 is 5.60 Å². The monoisotopic (exact) mass is 339 g/mol. The Morgan fingerprint density at radius 3 is 2.70 bits per heavy atom. The average Bonchev–Trinajstić information content (AvgIpc) is 2.41. The molecule has 3 N–H and O–H groups in total. The maximum absolute atomic E-state index is 12.2. The molecule has 5 nitrogen and oxygen atoms in total. The first-order chi connectivity index (χ1) is 10.7. The summed E-state index contributed by atoms with van der Waals surface area (Å²) < 4.78 is 5.44. The summed E-state index contributed by atoms with van der Waals surface area (Å²) in [5.74, 6) is 0.298. The molecule has 1 aliphatic heterocycles. The highest BCUT2D eigenvalue weighted by Gasteiger charge is 2.31. The zero-order valence-corrected chi connectivity index (χ0v) is 15.0. The summed E-state index contributed by atoms with van der Waals surface area (Å²) in [6.07, 6.45) is 0.608. The molecule has 0 saturated carbocycles. The summed E-state index contributed by atoms with van der Waals surface area (Å²) in [6, 6.07) is 5.72. The van der Waals surface area contributed by atoms with Crippen molar-refractivity contribution >= 4 is 29.1 Å². The molecule has 0 aromatic heterocycles. The highest BCUT2D eigenvalue weighted by molar-refractivity contribution is 6.31. The van der Waals surface area contributed by atoms with Crippen molar-refractivity contribution in [2.45, 2.75) is 45.8 Å². The van der Waals surface area contributed by atoms with Gasteiger partial charge in [-0.3, -0.25) is 0 Å². The van der Waals surface area contributed by atoms with Crippen LogP contribution in [0, 0.1) is 5.92 Å². The predicted octanol–water partition coefficient (Wildman–Crippen LogP) is 3.98. The molecule has 1 saturated heterocycles. The summed E-state index contributed by atoms with van der Waals surface area (Å²) in [7, 11) is 0. The second-order valence-electron chi connectivity index (χ2n) is 7.17. The molecule has 1 fully saturated rings. The van der Waals surface area contributed by atoms with Crippen LogP contribution in [0.3, 0.4) is 0 Å². The number of nitrogen functional groups attached to an aromatic ring is 1. The van der Waals surface area contributed by atoms with E-state index in [-0.39, 0.29) is 12.1 Å². The zero-order valence-electron chi connectivity index (χ0n) is 14.2. The fraction of sp³-hybridized carbons (Fsp3) is 0.588. The molecule has 1 aromatic rings. The Balaban J connectivity index is 1.95. The van der Waals surface area contributed by atoms with E-state index in [0.29, 0.717) is 29.7 Å². The molecule has 2 atom stereocenters. The molecular weight excluding hydrogens is 314 g/mol. The zero-order chi connectivity index (χ0) is 17.2. The average molecular weight is 340 g/mol. The van der Waals surface area contributed by atoms with Crippen molar-refractivity contribution in [2.75, 3.05) is 24.1 Å². The van der Waals surface area contributed by atoms with Gasteiger partial charge in [0.15, 0.2) is 0 Å². The topological polar surface area (TPSA) is 67.6 Å². The van der Waals surface area contributed by atoms with E-state index in [1.165, 1.54) is 0 Å². The second kappa shape index (κ2) is 6.87. The normalized spacial score (nSPS) is 21.9. The van der Waals surface area contributed by atoms with Crippen molar-refractivity contribution < 1.29 is 9.53 Å². The van der Waals surface area contributed by atoms with Crippen LogP contribution in [0.25, 0.3) is 0 Å². The first-order valence-electron chi connectivity index (χ1n) is 7.95. The van der Waals surface area contributed by atoms with E-state index in [2.05, 4.69) is 12.2 Å². The van der Waals surface area contributed by atoms with Gasteiger partial charge in [-0.25, -0.2) is 4.79 Å². The maximum Gasteiger partial charge on any atom is 0.410 e. The number of anilines is 2. The number of halogens is 1. The standard InChI is InChI=1S/C17H26ClN3O2/c1-11-10-21(16(22)23-17(2,3)4)8-7-14(11)20-15-6-5-12(18)9-13(15)19/h5-6,9,11,14,20H,7-8,10,19H2,1-4H3/t11-,14-/m1/s1. The molecule has 1 aromatic carbocycles. The fourth-order valence-corrected chi connectivity index (χ4v) is 2.90. The smallest absolute Gasteiger partial charge is 0.410 e. The maximum atomic E-state index is 12.2. The van der Waals surface area contributed by atoms with Crippen molar-refractivity contribution in [2.24, 2.45) is 5.92 Å². The van der Waals surface area contributed by atoms with E-state index in [4.69, 9.17) is 22.1 Å². The summed E-state index contributed by atoms with van der Waals surface area (Å²) in [4.78, 5) is 13.9. The highest BCUT2D eigenvalue weighted by atomic mass is 35.5. The summed E-state index contributed by atoms with van der Waals surface area (Å²) in [5.41, 5.74) is 7.06. The van der Waals surface area contributed by atoms with Gasteiger partial charge in [0, 0.05) is 24.2 Å². The number of likely N-dealkylation sites (tertiary alicyclic amines) is 1. The van der Waals surface area contributed by atoms with Gasteiger partial charge in [0.1, 0.15) is 5.60 Å². The number of nitrogens with two attached hydrogens (primary N) is 1. The number of amides is 1. The van der Waals surface area contributed by atoms with Gasteiger partial charge in [-0.15, -0.1) is 0 Å². The molecule has 2 rings (SSSR count). The van der Waals surface area contributed by atoms with E-state index in [1.54, 1.807) is 11.0 Å². The molecule has 0 aliphatic carbocycles. The molecule has 6 heteroatoms. The number of nitrogens with zero attached hydrogens (tertiary/aromatic N) is 1. The van der Waals surface area contributed by atoms with Crippen molar-refractivity contribution in [3.63, 3.8) is 0 Å². The molecule has 0 bridgehead atoms. The Morgan fingerprint density at radius 2 is 2.13 bits per heavy atom. The van der Waals surface area contributed by atoms with Crippen molar-refractivity contribution in [3.8, 4) is 0 Å². The van der Waals surface area contributed by atoms with Gasteiger partial charge in [0.05, 0.1) is 11.4 Å². The van der Waals surface area contributed by atoms with Crippen LogP contribution < -0.4 is 11.1 Å². The number of benzene rings is 1. The van der Waals surface area contributed by atoms with E-state index in [0.717, 1.165) is 12.1 Å². The quantitative estimate of drug-likeness (QED) is 0.800. The van der Waals surface area contributed by atoms with Crippen LogP contribution in [-0.4, -0.2) is 35.7 Å². The third-order valence-corrected chi connectivity index (χ3v) is 4.15. The molecule has 128 valence electrons. The van der Waals surface area contributed by atoms with E-state index in [9.17, 15) is 4.79 Å². The van der Waals surface area contributed by atoms with Gasteiger partial charge >= 0.3 is 6.09 Å². The van der Waals surface area contributed by atoms with Crippen LogP contribution in [0.5, 0.6) is 0 Å². The number of hydrogen-bond acceptors (Lipinski definition) is 4. The summed E-state index contributed by atoms with van der Waals surface area (Å²) >= 11 is 5.93. The highest BCUT2D eigenvalue weighted by Crippen LogP contribution is 2.27. The number of carbonyl (C=O) groups excluding carboxylic acids is 1. The number of ether oxygens (including phenoxy) is 1. The Kier molecular flexibility index (Phi) is 5.30. The minimum atomic E-state index is -0.465. The fourth-order valence-electron chi connectivity index (χ4n) is 2.72. The third-order valence-electron chi connectivity index (χ3n) is 3.91. The number of nitrogens with one attached hydrogen (secondary N) is 1. The number of piperidine rings is 1. The molecule has 0 unspecified atom stereocenters. The Labute approximate surface area is 143 Å². The third kappa shape index (κ3) is 4.93. The Morgan fingerprint density at radius 1 is 1.43 bits per heavy atom. The molecule has 1 heterocycles. The first kappa shape index (κ1) is 17.7. The van der Waals surface area contributed by atoms with Crippen LogP contribution in [0.4, 0.5) is 16.2 Å². The predicted molar refractivity (Wildman–Crippen MR) is 94.9 cm³/mol. The first-order valence-corrected chi connectivity index (χ1v) is 8.33. The molecule has 0 spiro atoms. The van der Waals surface area contributed by atoms with E-state index in [1.807, 2.05) is 32.9 Å². The van der Waals surface area contributed by atoms with Crippen LogP contribution in [0.2, 0.25) is 5.02 Å². The summed E-state index contributed by atoms with van der Waals surface area (Å²) in [6.45, 7) is 9.11. The summed E-state index contributed by atoms with van der Waals surface area (Å²) in [5, 5.41) is 4.10. The lowest BCUT2D eigenvalue weighted by atomic mass is 9.93. The second-order valence-corrected chi connectivity index (χ2v) is 7.61. The minimum absolute atomic E-state index is 0.242. The molecular formula is C17H26ClN3O2. The Hall–Kier alpha value is -1.62. The van der Waals surface area contributed by atoms with Gasteiger partial charge in [-0.1, -0.05) is 18.5 Å². The van der Waals surface area contributed by atoms with Crippen molar-refractivity contribution in [3.05, 3.63) is 23.2 Å².